The number of halogens is 1. The van der Waals surface area contributed by atoms with Crippen LogP contribution in [0, 0.1) is 6.92 Å². The molecule has 0 aromatic heterocycles. The molecule has 0 bridgehead atoms. The molecule has 1 atom stereocenters. The summed E-state index contributed by atoms with van der Waals surface area (Å²) in [7, 11) is 0. The summed E-state index contributed by atoms with van der Waals surface area (Å²) in [5.74, 6) is 0. The Balaban J connectivity index is 2.03. The minimum atomic E-state index is -0.311. The molecule has 5 heteroatoms. The molecule has 1 unspecified atom stereocenters. The lowest BCUT2D eigenvalue weighted by atomic mass is 10.1. The predicted molar refractivity (Wildman–Crippen MR) is 87.9 cm³/mol. The van der Waals surface area contributed by atoms with Crippen LogP contribution in [0.1, 0.15) is 24.1 Å². The van der Waals surface area contributed by atoms with E-state index in [4.69, 9.17) is 17.3 Å². The fourth-order valence-electron chi connectivity index (χ4n) is 1.90. The normalized spacial score (nSPS) is 11.8. The monoisotopic (exact) mass is 303 g/mol. The van der Waals surface area contributed by atoms with E-state index in [-0.39, 0.29) is 12.1 Å². The van der Waals surface area contributed by atoms with Crippen molar-refractivity contribution in [3.63, 3.8) is 0 Å². The Hall–Kier alpha value is -2.04. The maximum absolute atomic E-state index is 12.0. The van der Waals surface area contributed by atoms with Gasteiger partial charge in [-0.1, -0.05) is 29.8 Å². The first kappa shape index (κ1) is 15.4. The van der Waals surface area contributed by atoms with Gasteiger partial charge in [0.25, 0.3) is 0 Å². The van der Waals surface area contributed by atoms with Gasteiger partial charge in [-0.25, -0.2) is 4.79 Å². The number of hydrogen-bond acceptors (Lipinski definition) is 2. The van der Waals surface area contributed by atoms with E-state index in [1.165, 1.54) is 0 Å². The number of hydrogen-bond donors (Lipinski definition) is 3. The third-order valence-electron chi connectivity index (χ3n) is 3.21. The summed E-state index contributed by atoms with van der Waals surface area (Å²) in [5, 5.41) is 6.17. The van der Waals surface area contributed by atoms with E-state index in [0.29, 0.717) is 16.4 Å². The van der Waals surface area contributed by atoms with Gasteiger partial charge in [0.05, 0.1) is 0 Å². The largest absolute Gasteiger partial charge is 0.324 e. The van der Waals surface area contributed by atoms with Crippen molar-refractivity contribution in [2.45, 2.75) is 19.9 Å². The fourth-order valence-corrected chi connectivity index (χ4v) is 2.07. The zero-order valence-corrected chi connectivity index (χ0v) is 12.7. The van der Waals surface area contributed by atoms with Crippen LogP contribution in [0.5, 0.6) is 0 Å². The number of amides is 2. The smallest absolute Gasteiger partial charge is 0.323 e. The molecule has 4 N–H and O–H groups in total. The van der Waals surface area contributed by atoms with Crippen molar-refractivity contribution >= 4 is 29.0 Å². The SMILES string of the molecule is Cc1c(Cl)cccc1NC(=O)Nc1ccc(C(C)N)cc1. The van der Waals surface area contributed by atoms with E-state index >= 15 is 0 Å². The summed E-state index contributed by atoms with van der Waals surface area (Å²) in [6.07, 6.45) is 0. The third kappa shape index (κ3) is 3.97. The number of anilines is 2. The summed E-state index contributed by atoms with van der Waals surface area (Å²) < 4.78 is 0. The molecule has 2 amide bonds. The Morgan fingerprint density at radius 3 is 2.43 bits per heavy atom. The molecule has 2 aromatic rings. The van der Waals surface area contributed by atoms with Crippen molar-refractivity contribution in [3.8, 4) is 0 Å². The van der Waals surface area contributed by atoms with E-state index < -0.39 is 0 Å². The molecule has 0 aliphatic carbocycles. The number of nitrogens with two attached hydrogens (primary N) is 1. The Morgan fingerprint density at radius 1 is 1.14 bits per heavy atom. The fraction of sp³-hybridized carbons (Fsp3) is 0.188. The highest BCUT2D eigenvalue weighted by molar-refractivity contribution is 6.31. The number of carbonyl (C=O) groups is 1. The van der Waals surface area contributed by atoms with Gasteiger partial charge in [-0.3, -0.25) is 0 Å². The second kappa shape index (κ2) is 6.61. The minimum absolute atomic E-state index is 0.0259. The average molecular weight is 304 g/mol. The highest BCUT2D eigenvalue weighted by Gasteiger charge is 2.07. The molecule has 0 radical (unpaired) electrons. The highest BCUT2D eigenvalue weighted by Crippen LogP contribution is 2.23. The van der Waals surface area contributed by atoms with Crippen LogP contribution < -0.4 is 16.4 Å². The van der Waals surface area contributed by atoms with Crippen LogP contribution in [-0.2, 0) is 0 Å². The number of nitrogens with one attached hydrogen (secondary N) is 2. The Kier molecular flexibility index (Phi) is 4.83. The van der Waals surface area contributed by atoms with E-state index in [9.17, 15) is 4.79 Å². The van der Waals surface area contributed by atoms with Crippen molar-refractivity contribution < 1.29 is 4.79 Å². The van der Waals surface area contributed by atoms with Crippen LogP contribution in [0.4, 0.5) is 16.2 Å². The van der Waals surface area contributed by atoms with Gasteiger partial charge in [0.1, 0.15) is 0 Å². The van der Waals surface area contributed by atoms with Gasteiger partial charge >= 0.3 is 6.03 Å². The molecule has 4 nitrogen and oxygen atoms in total. The van der Waals surface area contributed by atoms with E-state index in [0.717, 1.165) is 11.1 Å². The van der Waals surface area contributed by atoms with Crippen LogP contribution in [0.15, 0.2) is 42.5 Å². The number of benzene rings is 2. The topological polar surface area (TPSA) is 67.2 Å². The first-order chi connectivity index (χ1) is 9.97. The van der Waals surface area contributed by atoms with Crippen LogP contribution in [0.25, 0.3) is 0 Å². The second-order valence-electron chi connectivity index (χ2n) is 4.90. The van der Waals surface area contributed by atoms with Gasteiger partial charge in [-0.05, 0) is 49.2 Å². The number of urea groups is 1. The van der Waals surface area contributed by atoms with E-state index in [1.807, 2.05) is 38.1 Å². The summed E-state index contributed by atoms with van der Waals surface area (Å²) in [5.41, 5.74) is 9.03. The maximum atomic E-state index is 12.0. The lowest BCUT2D eigenvalue weighted by Gasteiger charge is -2.11. The van der Waals surface area contributed by atoms with Gasteiger partial charge < -0.3 is 16.4 Å². The maximum Gasteiger partial charge on any atom is 0.323 e. The van der Waals surface area contributed by atoms with Crippen LogP contribution in [0.2, 0.25) is 5.02 Å². The molecule has 21 heavy (non-hydrogen) atoms. The predicted octanol–water partition coefficient (Wildman–Crippen LogP) is 4.31. The quantitative estimate of drug-likeness (QED) is 0.791. The molecular weight excluding hydrogens is 286 g/mol. The summed E-state index contributed by atoms with van der Waals surface area (Å²) in [6.45, 7) is 3.77. The molecule has 0 aliphatic rings. The molecule has 0 saturated heterocycles. The molecule has 0 spiro atoms. The minimum Gasteiger partial charge on any atom is -0.324 e. The summed E-state index contributed by atoms with van der Waals surface area (Å²) in [4.78, 5) is 12.0. The molecule has 0 fully saturated rings. The van der Waals surface area contributed by atoms with Crippen molar-refractivity contribution in [1.82, 2.24) is 0 Å². The highest BCUT2D eigenvalue weighted by atomic mass is 35.5. The van der Waals surface area contributed by atoms with Crippen molar-refractivity contribution in [3.05, 3.63) is 58.6 Å². The Labute approximate surface area is 129 Å². The number of carbonyl (C=O) groups excluding carboxylic acids is 1. The van der Waals surface area contributed by atoms with Crippen LogP contribution >= 0.6 is 11.6 Å². The zero-order valence-electron chi connectivity index (χ0n) is 12.0. The first-order valence-electron chi connectivity index (χ1n) is 6.66. The molecule has 0 saturated carbocycles. The second-order valence-corrected chi connectivity index (χ2v) is 5.31. The van der Waals surface area contributed by atoms with Crippen molar-refractivity contribution in [2.75, 3.05) is 10.6 Å². The molecule has 0 heterocycles. The summed E-state index contributed by atoms with van der Waals surface area (Å²) >= 11 is 6.02. The molecular formula is C16H18ClN3O. The first-order valence-corrected chi connectivity index (χ1v) is 7.04. The van der Waals surface area contributed by atoms with Gasteiger partial charge in [0.2, 0.25) is 0 Å². The third-order valence-corrected chi connectivity index (χ3v) is 3.62. The lowest BCUT2D eigenvalue weighted by molar-refractivity contribution is 0.262. The van der Waals surface area contributed by atoms with Gasteiger partial charge in [-0.15, -0.1) is 0 Å². The van der Waals surface area contributed by atoms with Gasteiger partial charge in [0.15, 0.2) is 0 Å². The molecule has 110 valence electrons. The van der Waals surface area contributed by atoms with Crippen LogP contribution in [-0.4, -0.2) is 6.03 Å². The molecule has 2 aromatic carbocycles. The Morgan fingerprint density at radius 2 is 1.81 bits per heavy atom. The van der Waals surface area contributed by atoms with Gasteiger partial charge in [-0.2, -0.15) is 0 Å². The van der Waals surface area contributed by atoms with Gasteiger partial charge in [0, 0.05) is 22.4 Å². The summed E-state index contributed by atoms with van der Waals surface area (Å²) in [6, 6.07) is 12.5. The molecule has 0 aliphatic heterocycles. The van der Waals surface area contributed by atoms with E-state index in [1.54, 1.807) is 18.2 Å². The van der Waals surface area contributed by atoms with Crippen molar-refractivity contribution in [1.29, 1.82) is 0 Å². The van der Waals surface area contributed by atoms with Crippen LogP contribution in [0.3, 0.4) is 0 Å². The van der Waals surface area contributed by atoms with Crippen molar-refractivity contribution in [2.24, 2.45) is 5.73 Å². The zero-order chi connectivity index (χ0) is 15.4. The lowest BCUT2D eigenvalue weighted by Crippen LogP contribution is -2.20. The molecule has 2 rings (SSSR count). The number of rotatable bonds is 3. The average Bonchev–Trinajstić information content (AvgIpc) is 2.44. The Bertz CT molecular complexity index is 638. The standard InChI is InChI=1S/C16H18ClN3O/c1-10-14(17)4-3-5-15(10)20-16(21)19-13-8-6-12(7-9-13)11(2)18/h3-9,11H,18H2,1-2H3,(H2,19,20,21). The van der Waals surface area contributed by atoms with E-state index in [2.05, 4.69) is 10.6 Å².